The summed E-state index contributed by atoms with van der Waals surface area (Å²) in [6.07, 6.45) is 1.71. The van der Waals surface area contributed by atoms with E-state index in [1.165, 1.54) is 12.1 Å². The molecule has 1 aromatic carbocycles. The number of aryl methyl sites for hydroxylation is 2. The van der Waals surface area contributed by atoms with Crippen molar-refractivity contribution in [3.63, 3.8) is 0 Å². The summed E-state index contributed by atoms with van der Waals surface area (Å²) in [7, 11) is 0. The van der Waals surface area contributed by atoms with Crippen LogP contribution >= 0.6 is 0 Å². The first-order valence-electron chi connectivity index (χ1n) is 6.91. The van der Waals surface area contributed by atoms with Gasteiger partial charge < -0.3 is 0 Å². The van der Waals surface area contributed by atoms with Gasteiger partial charge in [-0.25, -0.2) is 0 Å². The van der Waals surface area contributed by atoms with Crippen LogP contribution in [-0.4, -0.2) is 25.5 Å². The molecule has 0 bridgehead atoms. The second-order valence-electron chi connectivity index (χ2n) is 5.62. The third-order valence-electron chi connectivity index (χ3n) is 4.29. The second-order valence-corrected chi connectivity index (χ2v) is 5.62. The maximum atomic E-state index is 11.3. The van der Waals surface area contributed by atoms with Crippen LogP contribution in [0.1, 0.15) is 34.2 Å². The second kappa shape index (κ2) is 5.89. The molecular formula is C13H12N4O8. The lowest BCUT2D eigenvalue weighted by atomic mass is 9.80. The molecule has 1 aromatic rings. The van der Waals surface area contributed by atoms with E-state index in [-0.39, 0.29) is 11.1 Å². The van der Waals surface area contributed by atoms with E-state index in [9.17, 15) is 40.5 Å². The highest BCUT2D eigenvalue weighted by Crippen LogP contribution is 2.42. The van der Waals surface area contributed by atoms with Gasteiger partial charge in [0.1, 0.15) is 0 Å². The Morgan fingerprint density at radius 3 is 1.64 bits per heavy atom. The van der Waals surface area contributed by atoms with Crippen LogP contribution in [-0.2, 0) is 0 Å². The van der Waals surface area contributed by atoms with Gasteiger partial charge in [-0.05, 0) is 42.7 Å². The topological polar surface area (TPSA) is 173 Å². The van der Waals surface area contributed by atoms with E-state index in [0.717, 1.165) is 12.2 Å². The van der Waals surface area contributed by atoms with Gasteiger partial charge in [-0.1, -0.05) is 12.1 Å². The van der Waals surface area contributed by atoms with E-state index in [1.807, 2.05) is 0 Å². The lowest BCUT2D eigenvalue weighted by Gasteiger charge is -2.24. The van der Waals surface area contributed by atoms with E-state index < -0.39 is 37.4 Å². The fourth-order valence-electron chi connectivity index (χ4n) is 2.87. The van der Waals surface area contributed by atoms with Crippen LogP contribution in [0.15, 0.2) is 24.3 Å². The fourth-order valence-corrected chi connectivity index (χ4v) is 2.87. The van der Waals surface area contributed by atoms with Crippen molar-refractivity contribution in [1.82, 2.24) is 0 Å². The molecule has 0 spiro atoms. The first-order chi connectivity index (χ1) is 11.5. The molecular weight excluding hydrogens is 340 g/mol. The number of rotatable bonds is 5. The Morgan fingerprint density at radius 1 is 0.800 bits per heavy atom. The average molecular weight is 352 g/mol. The Morgan fingerprint density at radius 2 is 1.24 bits per heavy atom. The molecule has 12 nitrogen and oxygen atoms in total. The van der Waals surface area contributed by atoms with Crippen molar-refractivity contribution in [2.75, 3.05) is 0 Å². The molecule has 12 heteroatoms. The minimum Gasteiger partial charge on any atom is -0.264 e. The number of nitro groups is 4. The molecule has 132 valence electrons. The Labute approximate surface area is 139 Å². The summed E-state index contributed by atoms with van der Waals surface area (Å²) in [6.45, 7) is 3.24. The summed E-state index contributed by atoms with van der Waals surface area (Å²) in [5, 5.41) is 45.2. The Balaban J connectivity index is 2.85. The number of hydrogen-bond acceptors (Lipinski definition) is 8. The predicted octanol–water partition coefficient (Wildman–Crippen LogP) is 1.76. The summed E-state index contributed by atoms with van der Waals surface area (Å²) in [5.41, 5.74) is 0.964. The van der Waals surface area contributed by atoms with Crippen LogP contribution < -0.4 is 0 Å². The SMILES string of the molecule is Cc1cc2c(cc1C)[C@H](C([N+](=O)[O-])([N+](=O)[O-])[N+](=O)[O-])C=C[C@H]2[N+](=O)[O-]. The van der Waals surface area contributed by atoms with Crippen LogP contribution in [0.25, 0.3) is 0 Å². The van der Waals surface area contributed by atoms with Gasteiger partial charge in [-0.3, -0.25) is 40.5 Å². The first-order valence-corrected chi connectivity index (χ1v) is 6.91. The minimum atomic E-state index is -3.77. The molecule has 25 heavy (non-hydrogen) atoms. The van der Waals surface area contributed by atoms with Crippen LogP contribution in [0.5, 0.6) is 0 Å². The van der Waals surface area contributed by atoms with Crippen LogP contribution in [0.2, 0.25) is 0 Å². The van der Waals surface area contributed by atoms with Gasteiger partial charge >= 0.3 is 5.79 Å². The molecule has 0 radical (unpaired) electrons. The maximum Gasteiger partial charge on any atom is 0.710 e. The molecule has 0 amide bonds. The molecule has 0 aromatic heterocycles. The number of benzene rings is 1. The third-order valence-corrected chi connectivity index (χ3v) is 4.29. The van der Waals surface area contributed by atoms with Crippen molar-refractivity contribution < 1.29 is 19.7 Å². The quantitative estimate of drug-likeness (QED) is 0.333. The molecule has 0 N–H and O–H groups in total. The van der Waals surface area contributed by atoms with E-state index in [0.29, 0.717) is 11.1 Å². The zero-order chi connectivity index (χ0) is 19.1. The maximum absolute atomic E-state index is 11.3. The normalized spacial score (nSPS) is 19.1. The average Bonchev–Trinajstić information content (AvgIpc) is 2.48. The standard InChI is InChI=1S/C13H12N4O8/c1-7-5-9-10(6-8(7)2)12(14(18)19)4-3-11(9)13(15(20)21,16(22)23)17(24)25/h3-6,11-12H,1-2H3/t11-,12-/m1/s1. The van der Waals surface area contributed by atoms with Crippen molar-refractivity contribution in [1.29, 1.82) is 0 Å². The van der Waals surface area contributed by atoms with Gasteiger partial charge in [0.05, 0.1) is 0 Å². The van der Waals surface area contributed by atoms with E-state index in [1.54, 1.807) is 13.8 Å². The molecule has 2 rings (SSSR count). The highest BCUT2D eigenvalue weighted by atomic mass is 16.7. The number of hydrogen-bond donors (Lipinski definition) is 0. The minimum absolute atomic E-state index is 0.0319. The van der Waals surface area contributed by atoms with Crippen LogP contribution in [0.3, 0.4) is 0 Å². The van der Waals surface area contributed by atoms with Crippen molar-refractivity contribution in [3.05, 3.63) is 87.0 Å². The molecule has 0 saturated heterocycles. The number of nitrogens with zero attached hydrogens (tertiary/aromatic N) is 4. The predicted molar refractivity (Wildman–Crippen MR) is 81.2 cm³/mol. The van der Waals surface area contributed by atoms with E-state index in [2.05, 4.69) is 0 Å². The smallest absolute Gasteiger partial charge is 0.264 e. The van der Waals surface area contributed by atoms with Crippen molar-refractivity contribution in [3.8, 4) is 0 Å². The molecule has 2 atom stereocenters. The molecule has 0 unspecified atom stereocenters. The number of fused-ring (bicyclic) bond motifs is 1. The first kappa shape index (κ1) is 17.9. The van der Waals surface area contributed by atoms with Crippen LogP contribution in [0, 0.1) is 54.3 Å². The Kier molecular flexibility index (Phi) is 4.22. The fraction of sp³-hybridized carbons (Fsp3) is 0.385. The van der Waals surface area contributed by atoms with Crippen molar-refractivity contribution >= 4 is 0 Å². The van der Waals surface area contributed by atoms with Crippen molar-refractivity contribution in [2.24, 2.45) is 0 Å². The lowest BCUT2D eigenvalue weighted by molar-refractivity contribution is -0.972. The van der Waals surface area contributed by atoms with E-state index in [4.69, 9.17) is 0 Å². The molecule has 0 fully saturated rings. The van der Waals surface area contributed by atoms with Gasteiger partial charge in [-0.15, -0.1) is 0 Å². The van der Waals surface area contributed by atoms with Crippen LogP contribution in [0.4, 0.5) is 0 Å². The highest BCUT2D eigenvalue weighted by molar-refractivity contribution is 5.46. The van der Waals surface area contributed by atoms with Gasteiger partial charge in [0, 0.05) is 10.5 Å². The lowest BCUT2D eigenvalue weighted by Crippen LogP contribution is -2.57. The molecule has 1 aliphatic carbocycles. The monoisotopic (exact) mass is 352 g/mol. The summed E-state index contributed by atoms with van der Waals surface area (Å²) < 4.78 is 0. The molecule has 0 heterocycles. The Bertz CT molecular complexity index is 798. The summed E-state index contributed by atoms with van der Waals surface area (Å²) in [5.74, 6) is -5.66. The Hall–Kier alpha value is -3.44. The summed E-state index contributed by atoms with van der Waals surface area (Å²) in [4.78, 5) is 39.8. The molecule has 0 aliphatic heterocycles. The zero-order valence-electron chi connectivity index (χ0n) is 13.0. The van der Waals surface area contributed by atoms with E-state index >= 15 is 0 Å². The van der Waals surface area contributed by atoms with Gasteiger partial charge in [0.15, 0.2) is 14.8 Å². The van der Waals surface area contributed by atoms with Gasteiger partial charge in [0.2, 0.25) is 5.92 Å². The molecule has 1 aliphatic rings. The summed E-state index contributed by atoms with van der Waals surface area (Å²) in [6, 6.07) is 1.27. The van der Waals surface area contributed by atoms with Gasteiger partial charge in [0.25, 0.3) is 6.04 Å². The zero-order valence-corrected chi connectivity index (χ0v) is 13.0. The van der Waals surface area contributed by atoms with Crippen molar-refractivity contribution in [2.45, 2.75) is 31.6 Å². The molecule has 0 saturated carbocycles. The largest absolute Gasteiger partial charge is 0.710 e. The summed E-state index contributed by atoms with van der Waals surface area (Å²) >= 11 is 0. The highest BCUT2D eigenvalue weighted by Gasteiger charge is 2.76. The third kappa shape index (κ3) is 2.47. The van der Waals surface area contributed by atoms with Gasteiger partial charge in [-0.2, -0.15) is 0 Å².